The van der Waals surface area contributed by atoms with Gasteiger partial charge in [0.15, 0.2) is 0 Å². The molecule has 1 rings (SSSR count). The molecule has 0 radical (unpaired) electrons. The van der Waals surface area contributed by atoms with Crippen LogP contribution < -0.4 is 5.32 Å². The summed E-state index contributed by atoms with van der Waals surface area (Å²) in [5.74, 6) is -0.356. The van der Waals surface area contributed by atoms with Crippen LogP contribution in [0.15, 0.2) is 17.0 Å². The average Bonchev–Trinajstić information content (AvgIpc) is 2.34. The van der Waals surface area contributed by atoms with E-state index in [0.717, 1.165) is 0 Å². The van der Waals surface area contributed by atoms with Crippen LogP contribution in [0.2, 0.25) is 0 Å². The van der Waals surface area contributed by atoms with Crippen molar-refractivity contribution in [2.75, 3.05) is 13.6 Å². The number of aryl methyl sites for hydroxylation is 1. The lowest BCUT2D eigenvalue weighted by molar-refractivity contribution is 0.369. The fourth-order valence-corrected chi connectivity index (χ4v) is 4.01. The van der Waals surface area contributed by atoms with E-state index in [1.54, 1.807) is 20.9 Å². The van der Waals surface area contributed by atoms with Gasteiger partial charge in [-0.25, -0.2) is 12.8 Å². The molecule has 1 aromatic rings. The summed E-state index contributed by atoms with van der Waals surface area (Å²) in [6.45, 7) is 7.71. The van der Waals surface area contributed by atoms with Crippen LogP contribution in [0.1, 0.15) is 31.9 Å². The van der Waals surface area contributed by atoms with Gasteiger partial charge in [0.25, 0.3) is 0 Å². The van der Waals surface area contributed by atoms with Crippen molar-refractivity contribution in [2.45, 2.75) is 45.2 Å². The predicted molar refractivity (Wildman–Crippen MR) is 78.6 cm³/mol. The molecule has 0 bridgehead atoms. The van der Waals surface area contributed by atoms with E-state index in [9.17, 15) is 12.8 Å². The fraction of sp³-hybridized carbons (Fsp3) is 0.571. The molecule has 0 aliphatic carbocycles. The normalized spacial score (nSPS) is 12.4. The standard InChI is InChI=1S/C14H23FN2O2S/c1-6-17(10(2)3)20(18,19)13-7-11(4)14(15)12(8-13)9-16-5/h7-8,10,16H,6,9H2,1-5H3. The molecular weight excluding hydrogens is 279 g/mol. The summed E-state index contributed by atoms with van der Waals surface area (Å²) in [7, 11) is -1.89. The molecular formula is C14H23FN2O2S. The molecule has 1 N–H and O–H groups in total. The minimum Gasteiger partial charge on any atom is -0.316 e. The van der Waals surface area contributed by atoms with Gasteiger partial charge in [-0.2, -0.15) is 4.31 Å². The lowest BCUT2D eigenvalue weighted by atomic mass is 10.1. The number of hydrogen-bond donors (Lipinski definition) is 1. The van der Waals surface area contributed by atoms with Crippen LogP contribution in [-0.2, 0) is 16.6 Å². The highest BCUT2D eigenvalue weighted by Crippen LogP contribution is 2.23. The second kappa shape index (κ2) is 6.65. The quantitative estimate of drug-likeness (QED) is 0.877. The van der Waals surface area contributed by atoms with E-state index in [1.807, 2.05) is 13.8 Å². The Hall–Kier alpha value is -0.980. The highest BCUT2D eigenvalue weighted by Gasteiger charge is 2.26. The molecule has 1 aromatic carbocycles. The fourth-order valence-electron chi connectivity index (χ4n) is 2.22. The Balaban J connectivity index is 3.39. The molecule has 0 heterocycles. The lowest BCUT2D eigenvalue weighted by Gasteiger charge is -2.25. The average molecular weight is 302 g/mol. The molecule has 6 heteroatoms. The number of benzene rings is 1. The van der Waals surface area contributed by atoms with Gasteiger partial charge in [0.2, 0.25) is 10.0 Å². The molecule has 0 aliphatic rings. The van der Waals surface area contributed by atoms with Crippen LogP contribution in [0.3, 0.4) is 0 Å². The van der Waals surface area contributed by atoms with Gasteiger partial charge in [-0.15, -0.1) is 0 Å². The van der Waals surface area contributed by atoms with Crippen LogP contribution in [0.25, 0.3) is 0 Å². The SMILES string of the molecule is CCN(C(C)C)S(=O)(=O)c1cc(C)c(F)c(CNC)c1. The maximum absolute atomic E-state index is 13.9. The summed E-state index contributed by atoms with van der Waals surface area (Å²) in [6.07, 6.45) is 0. The van der Waals surface area contributed by atoms with Crippen LogP contribution in [0, 0.1) is 12.7 Å². The van der Waals surface area contributed by atoms with Crippen molar-refractivity contribution in [2.24, 2.45) is 0 Å². The number of sulfonamides is 1. The number of halogens is 1. The molecule has 114 valence electrons. The Morgan fingerprint density at radius 1 is 1.35 bits per heavy atom. The highest BCUT2D eigenvalue weighted by atomic mass is 32.2. The minimum atomic E-state index is -3.59. The minimum absolute atomic E-state index is 0.136. The third-order valence-electron chi connectivity index (χ3n) is 3.16. The molecule has 0 amide bonds. The zero-order valence-corrected chi connectivity index (χ0v) is 13.5. The van der Waals surface area contributed by atoms with Gasteiger partial charge < -0.3 is 5.32 Å². The monoisotopic (exact) mass is 302 g/mol. The first-order valence-corrected chi connectivity index (χ1v) is 8.15. The van der Waals surface area contributed by atoms with Gasteiger partial charge in [0, 0.05) is 24.7 Å². The Morgan fingerprint density at radius 2 is 1.95 bits per heavy atom. The van der Waals surface area contributed by atoms with E-state index in [2.05, 4.69) is 5.32 Å². The van der Waals surface area contributed by atoms with Crippen LogP contribution in [0.5, 0.6) is 0 Å². The first-order valence-electron chi connectivity index (χ1n) is 6.71. The molecule has 0 unspecified atom stereocenters. The zero-order chi connectivity index (χ0) is 15.5. The second-order valence-corrected chi connectivity index (χ2v) is 6.94. The first kappa shape index (κ1) is 17.1. The smallest absolute Gasteiger partial charge is 0.243 e. The van der Waals surface area contributed by atoms with Crippen molar-refractivity contribution in [3.05, 3.63) is 29.1 Å². The number of nitrogens with one attached hydrogen (secondary N) is 1. The summed E-state index contributed by atoms with van der Waals surface area (Å²) >= 11 is 0. The molecule has 0 saturated heterocycles. The highest BCUT2D eigenvalue weighted by molar-refractivity contribution is 7.89. The topological polar surface area (TPSA) is 49.4 Å². The summed E-state index contributed by atoms with van der Waals surface area (Å²) in [5.41, 5.74) is 0.710. The molecule has 0 aromatic heterocycles. The van der Waals surface area contributed by atoms with E-state index in [1.165, 1.54) is 16.4 Å². The van der Waals surface area contributed by atoms with Crippen molar-refractivity contribution < 1.29 is 12.8 Å². The number of nitrogens with zero attached hydrogens (tertiary/aromatic N) is 1. The third kappa shape index (κ3) is 3.37. The lowest BCUT2D eigenvalue weighted by Crippen LogP contribution is -2.36. The van der Waals surface area contributed by atoms with Crippen LogP contribution in [-0.4, -0.2) is 32.4 Å². The number of hydrogen-bond acceptors (Lipinski definition) is 3. The van der Waals surface area contributed by atoms with Crippen molar-refractivity contribution in [1.82, 2.24) is 9.62 Å². The molecule has 0 fully saturated rings. The Morgan fingerprint density at radius 3 is 2.40 bits per heavy atom. The van der Waals surface area contributed by atoms with Crippen LogP contribution in [0.4, 0.5) is 4.39 Å². The van der Waals surface area contributed by atoms with E-state index in [0.29, 0.717) is 24.2 Å². The van der Waals surface area contributed by atoms with Crippen molar-refractivity contribution in [3.63, 3.8) is 0 Å². The maximum atomic E-state index is 13.9. The van der Waals surface area contributed by atoms with E-state index >= 15 is 0 Å². The van der Waals surface area contributed by atoms with E-state index in [4.69, 9.17) is 0 Å². The molecule has 0 atom stereocenters. The Bertz CT molecular complexity index is 571. The van der Waals surface area contributed by atoms with Gasteiger partial charge in [0.1, 0.15) is 5.82 Å². The predicted octanol–water partition coefficient (Wildman–Crippen LogP) is 2.27. The van der Waals surface area contributed by atoms with Gasteiger partial charge in [0.05, 0.1) is 4.90 Å². The Labute approximate surface area is 121 Å². The molecule has 0 aliphatic heterocycles. The third-order valence-corrected chi connectivity index (χ3v) is 5.29. The summed E-state index contributed by atoms with van der Waals surface area (Å²) in [5, 5.41) is 2.85. The van der Waals surface area contributed by atoms with Gasteiger partial charge in [-0.3, -0.25) is 0 Å². The van der Waals surface area contributed by atoms with E-state index in [-0.39, 0.29) is 16.8 Å². The molecule has 20 heavy (non-hydrogen) atoms. The van der Waals surface area contributed by atoms with Gasteiger partial charge >= 0.3 is 0 Å². The van der Waals surface area contributed by atoms with Crippen molar-refractivity contribution in [3.8, 4) is 0 Å². The van der Waals surface area contributed by atoms with Gasteiger partial charge in [-0.1, -0.05) is 6.92 Å². The summed E-state index contributed by atoms with van der Waals surface area (Å²) in [6, 6.07) is 2.68. The zero-order valence-electron chi connectivity index (χ0n) is 12.7. The molecule has 0 saturated carbocycles. The summed E-state index contributed by atoms with van der Waals surface area (Å²) in [4.78, 5) is 0.150. The summed E-state index contributed by atoms with van der Waals surface area (Å²) < 4.78 is 40.6. The van der Waals surface area contributed by atoms with Crippen LogP contribution >= 0.6 is 0 Å². The van der Waals surface area contributed by atoms with Crippen molar-refractivity contribution in [1.29, 1.82) is 0 Å². The maximum Gasteiger partial charge on any atom is 0.243 e. The van der Waals surface area contributed by atoms with E-state index < -0.39 is 10.0 Å². The largest absolute Gasteiger partial charge is 0.316 e. The van der Waals surface area contributed by atoms with Crippen molar-refractivity contribution >= 4 is 10.0 Å². The molecule has 0 spiro atoms. The number of rotatable bonds is 6. The first-order chi connectivity index (χ1) is 9.25. The Kier molecular flexibility index (Phi) is 5.68. The van der Waals surface area contributed by atoms with Gasteiger partial charge in [-0.05, 0) is 45.5 Å². The molecule has 4 nitrogen and oxygen atoms in total. The second-order valence-electron chi connectivity index (χ2n) is 5.05.